The summed E-state index contributed by atoms with van der Waals surface area (Å²) < 4.78 is 0. The molecule has 1 aliphatic rings. The Kier molecular flexibility index (Phi) is 2.36. The molecule has 2 rings (SSSR count). The second-order valence-electron chi connectivity index (χ2n) is 4.42. The first-order valence-electron chi connectivity index (χ1n) is 5.57. The normalized spacial score (nSPS) is 23.5. The van der Waals surface area contributed by atoms with Crippen LogP contribution in [-0.4, -0.2) is 0 Å². The summed E-state index contributed by atoms with van der Waals surface area (Å²) in [6, 6.07) is 8.87. The molecule has 0 saturated heterocycles. The maximum Gasteiger partial charge on any atom is 0.0357 e. The molecular weight excluding hydrogens is 170 g/mol. The van der Waals surface area contributed by atoms with Crippen molar-refractivity contribution in [2.45, 2.75) is 39.2 Å². The third-order valence-electron chi connectivity index (χ3n) is 4.00. The summed E-state index contributed by atoms with van der Waals surface area (Å²) in [4.78, 5) is 0. The second kappa shape index (κ2) is 3.39. The third-order valence-corrected chi connectivity index (χ3v) is 4.00. The van der Waals surface area contributed by atoms with E-state index < -0.39 is 0 Å². The van der Waals surface area contributed by atoms with E-state index in [1.165, 1.54) is 24.0 Å². The smallest absolute Gasteiger partial charge is 0.0357 e. The number of nitrogens with two attached hydrogens (primary N) is 1. The molecule has 0 spiro atoms. The van der Waals surface area contributed by atoms with Crippen molar-refractivity contribution in [3.05, 3.63) is 35.4 Å². The van der Waals surface area contributed by atoms with E-state index >= 15 is 0 Å². The van der Waals surface area contributed by atoms with Gasteiger partial charge in [-0.3, -0.25) is 0 Å². The van der Waals surface area contributed by atoms with E-state index in [0.717, 1.165) is 6.42 Å². The summed E-state index contributed by atoms with van der Waals surface area (Å²) >= 11 is 0. The van der Waals surface area contributed by atoms with Crippen molar-refractivity contribution in [1.82, 2.24) is 0 Å². The molecule has 1 atom stereocenters. The SMILES string of the molecule is CCC1(CC)Cc2ccccc2[C@H]1N. The van der Waals surface area contributed by atoms with Crippen LogP contribution in [0.5, 0.6) is 0 Å². The van der Waals surface area contributed by atoms with Crippen molar-refractivity contribution in [3.63, 3.8) is 0 Å². The molecule has 1 nitrogen and oxygen atoms in total. The van der Waals surface area contributed by atoms with Crippen LogP contribution in [0.2, 0.25) is 0 Å². The molecular formula is C13H19N. The van der Waals surface area contributed by atoms with Gasteiger partial charge >= 0.3 is 0 Å². The van der Waals surface area contributed by atoms with Crippen molar-refractivity contribution in [2.24, 2.45) is 11.1 Å². The minimum Gasteiger partial charge on any atom is -0.323 e. The average Bonchev–Trinajstić information content (AvgIpc) is 2.53. The highest BCUT2D eigenvalue weighted by Gasteiger charge is 2.40. The standard InChI is InChI=1S/C13H19N/c1-3-13(4-2)9-10-7-5-6-8-11(10)12(13)14/h5-8,12H,3-4,9,14H2,1-2H3/t12-/m1/s1. The zero-order valence-corrected chi connectivity index (χ0v) is 9.09. The number of fused-ring (bicyclic) bond motifs is 1. The molecule has 0 unspecified atom stereocenters. The Morgan fingerprint density at radius 1 is 1.29 bits per heavy atom. The Morgan fingerprint density at radius 2 is 1.93 bits per heavy atom. The highest BCUT2D eigenvalue weighted by Crippen LogP contribution is 2.48. The first-order chi connectivity index (χ1) is 6.73. The molecule has 0 aliphatic heterocycles. The molecule has 14 heavy (non-hydrogen) atoms. The topological polar surface area (TPSA) is 26.0 Å². The lowest BCUT2D eigenvalue weighted by Gasteiger charge is -2.31. The molecule has 76 valence electrons. The summed E-state index contributed by atoms with van der Waals surface area (Å²) in [5.74, 6) is 0. The Bertz CT molecular complexity index is 326. The quantitative estimate of drug-likeness (QED) is 0.760. The van der Waals surface area contributed by atoms with Gasteiger partial charge in [-0.2, -0.15) is 0 Å². The Hall–Kier alpha value is -0.820. The highest BCUT2D eigenvalue weighted by molar-refractivity contribution is 5.37. The summed E-state index contributed by atoms with van der Waals surface area (Å²) in [6.07, 6.45) is 3.52. The van der Waals surface area contributed by atoms with Crippen LogP contribution in [0.3, 0.4) is 0 Å². The Balaban J connectivity index is 2.42. The minimum absolute atomic E-state index is 0.244. The lowest BCUT2D eigenvalue weighted by atomic mass is 9.76. The molecule has 1 aromatic rings. The fourth-order valence-corrected chi connectivity index (χ4v) is 2.76. The van der Waals surface area contributed by atoms with E-state index in [2.05, 4.69) is 38.1 Å². The number of hydrogen-bond donors (Lipinski definition) is 1. The predicted molar refractivity (Wildman–Crippen MR) is 60.1 cm³/mol. The van der Waals surface area contributed by atoms with Crippen LogP contribution < -0.4 is 5.73 Å². The molecule has 0 aromatic heterocycles. The summed E-state index contributed by atoms with van der Waals surface area (Å²) in [5.41, 5.74) is 9.50. The molecule has 1 aromatic carbocycles. The van der Waals surface area contributed by atoms with Crippen molar-refractivity contribution in [2.75, 3.05) is 0 Å². The average molecular weight is 189 g/mol. The van der Waals surface area contributed by atoms with Crippen LogP contribution in [0.15, 0.2) is 24.3 Å². The van der Waals surface area contributed by atoms with E-state index in [4.69, 9.17) is 5.73 Å². The first-order valence-corrected chi connectivity index (χ1v) is 5.57. The monoisotopic (exact) mass is 189 g/mol. The Morgan fingerprint density at radius 3 is 2.50 bits per heavy atom. The second-order valence-corrected chi connectivity index (χ2v) is 4.42. The predicted octanol–water partition coefficient (Wildman–Crippen LogP) is 3.05. The van der Waals surface area contributed by atoms with E-state index in [1.807, 2.05) is 0 Å². The van der Waals surface area contributed by atoms with E-state index in [0.29, 0.717) is 5.41 Å². The van der Waals surface area contributed by atoms with Gasteiger partial charge in [-0.1, -0.05) is 38.1 Å². The van der Waals surface area contributed by atoms with Gasteiger partial charge in [-0.15, -0.1) is 0 Å². The van der Waals surface area contributed by atoms with Gasteiger partial charge in [-0.05, 0) is 35.8 Å². The number of rotatable bonds is 2. The van der Waals surface area contributed by atoms with Gasteiger partial charge in [-0.25, -0.2) is 0 Å². The lowest BCUT2D eigenvalue weighted by Crippen LogP contribution is -2.30. The highest BCUT2D eigenvalue weighted by atomic mass is 14.7. The van der Waals surface area contributed by atoms with Gasteiger partial charge in [0.1, 0.15) is 0 Å². The minimum atomic E-state index is 0.244. The van der Waals surface area contributed by atoms with Crippen molar-refractivity contribution in [3.8, 4) is 0 Å². The zero-order valence-electron chi connectivity index (χ0n) is 9.09. The Labute approximate surface area is 86.3 Å². The largest absolute Gasteiger partial charge is 0.323 e. The maximum absolute atomic E-state index is 6.35. The van der Waals surface area contributed by atoms with Gasteiger partial charge in [0.05, 0.1) is 0 Å². The number of benzene rings is 1. The lowest BCUT2D eigenvalue weighted by molar-refractivity contribution is 0.226. The maximum atomic E-state index is 6.35. The van der Waals surface area contributed by atoms with Gasteiger partial charge < -0.3 is 5.73 Å². The number of hydrogen-bond acceptors (Lipinski definition) is 1. The third kappa shape index (κ3) is 1.19. The van der Waals surface area contributed by atoms with Gasteiger partial charge in [0.15, 0.2) is 0 Å². The summed E-state index contributed by atoms with van der Waals surface area (Å²) in [5, 5.41) is 0. The molecule has 2 N–H and O–H groups in total. The van der Waals surface area contributed by atoms with Crippen LogP contribution in [0, 0.1) is 5.41 Å². The van der Waals surface area contributed by atoms with Gasteiger partial charge in [0.2, 0.25) is 0 Å². The van der Waals surface area contributed by atoms with Crippen LogP contribution in [0.1, 0.15) is 43.9 Å². The molecule has 0 fully saturated rings. The van der Waals surface area contributed by atoms with Gasteiger partial charge in [0, 0.05) is 6.04 Å². The van der Waals surface area contributed by atoms with Crippen LogP contribution in [0.4, 0.5) is 0 Å². The van der Waals surface area contributed by atoms with Crippen LogP contribution in [0.25, 0.3) is 0 Å². The molecule has 0 radical (unpaired) electrons. The van der Waals surface area contributed by atoms with E-state index in [-0.39, 0.29) is 6.04 Å². The first kappa shape index (κ1) is 9.72. The van der Waals surface area contributed by atoms with Crippen molar-refractivity contribution in [1.29, 1.82) is 0 Å². The molecule has 1 heteroatoms. The molecule has 1 aliphatic carbocycles. The van der Waals surface area contributed by atoms with Crippen molar-refractivity contribution >= 4 is 0 Å². The molecule has 0 bridgehead atoms. The van der Waals surface area contributed by atoms with Crippen LogP contribution >= 0.6 is 0 Å². The molecule has 0 amide bonds. The molecule has 0 heterocycles. The van der Waals surface area contributed by atoms with Gasteiger partial charge in [0.25, 0.3) is 0 Å². The zero-order chi connectivity index (χ0) is 10.2. The van der Waals surface area contributed by atoms with Crippen molar-refractivity contribution < 1.29 is 0 Å². The summed E-state index contributed by atoms with van der Waals surface area (Å²) in [7, 11) is 0. The van der Waals surface area contributed by atoms with E-state index in [1.54, 1.807) is 0 Å². The molecule has 0 saturated carbocycles. The van der Waals surface area contributed by atoms with Crippen LogP contribution in [-0.2, 0) is 6.42 Å². The summed E-state index contributed by atoms with van der Waals surface area (Å²) in [6.45, 7) is 4.52. The fraction of sp³-hybridized carbons (Fsp3) is 0.538. The van der Waals surface area contributed by atoms with E-state index in [9.17, 15) is 0 Å². The fourth-order valence-electron chi connectivity index (χ4n) is 2.76.